The molecule has 0 amide bonds. The monoisotopic (exact) mass is 224 g/mol. The van der Waals surface area contributed by atoms with E-state index >= 15 is 0 Å². The van der Waals surface area contributed by atoms with Gasteiger partial charge in [0.1, 0.15) is 0 Å². The van der Waals surface area contributed by atoms with E-state index in [0.717, 1.165) is 6.04 Å². The molecule has 2 nitrogen and oxygen atoms in total. The van der Waals surface area contributed by atoms with Gasteiger partial charge in [-0.25, -0.2) is 0 Å². The Kier molecular flexibility index (Phi) is 10.6. The van der Waals surface area contributed by atoms with Crippen LogP contribution in [-0.4, -0.2) is 19.1 Å². The lowest BCUT2D eigenvalue weighted by Crippen LogP contribution is -3.16. The first kappa shape index (κ1) is 15.4. The molecule has 1 rings (SSSR count). The molecule has 16 heavy (non-hydrogen) atoms. The second-order valence-corrected chi connectivity index (χ2v) is 4.85. The fraction of sp³-hybridized carbons (Fsp3) is 0.929. The highest BCUT2D eigenvalue weighted by Gasteiger charge is 2.24. The molecule has 1 aliphatic rings. The van der Waals surface area contributed by atoms with Crippen LogP contribution < -0.4 is 4.90 Å². The SMILES string of the molecule is CCCCC1CCCC[NH+]1CCCC.[C-]#N. The zero-order chi connectivity index (χ0) is 12.2. The lowest BCUT2D eigenvalue weighted by Gasteiger charge is -2.32. The predicted octanol–water partition coefficient (Wildman–Crippen LogP) is 2.51. The van der Waals surface area contributed by atoms with Crippen LogP contribution in [0, 0.1) is 11.8 Å². The van der Waals surface area contributed by atoms with Crippen LogP contribution in [0.4, 0.5) is 0 Å². The molecule has 0 aromatic carbocycles. The highest BCUT2D eigenvalue weighted by Crippen LogP contribution is 2.09. The van der Waals surface area contributed by atoms with Gasteiger partial charge >= 0.3 is 0 Å². The van der Waals surface area contributed by atoms with Gasteiger partial charge in [-0.2, -0.15) is 0 Å². The first-order valence-electron chi connectivity index (χ1n) is 6.95. The third-order valence-corrected chi connectivity index (χ3v) is 3.64. The molecule has 0 radical (unpaired) electrons. The largest absolute Gasteiger partial charge is 0.512 e. The van der Waals surface area contributed by atoms with Gasteiger partial charge in [-0.3, -0.25) is 0 Å². The summed E-state index contributed by atoms with van der Waals surface area (Å²) in [6.07, 6.45) is 11.6. The van der Waals surface area contributed by atoms with Crippen molar-refractivity contribution >= 4 is 0 Å². The lowest BCUT2D eigenvalue weighted by molar-refractivity contribution is -0.931. The molecule has 1 heterocycles. The van der Waals surface area contributed by atoms with Crippen molar-refractivity contribution in [1.29, 1.82) is 5.26 Å². The third kappa shape index (κ3) is 6.12. The molecule has 1 aliphatic heterocycles. The minimum Gasteiger partial charge on any atom is -0.512 e. The maximum Gasteiger partial charge on any atom is 0.0874 e. The summed E-state index contributed by atoms with van der Waals surface area (Å²) in [6, 6.07) is 1.01. The fourth-order valence-corrected chi connectivity index (χ4v) is 2.68. The summed E-state index contributed by atoms with van der Waals surface area (Å²) in [4.78, 5) is 1.92. The molecule has 0 aromatic rings. The Balaban J connectivity index is 0.00000106. The summed E-state index contributed by atoms with van der Waals surface area (Å²) >= 11 is 0. The maximum atomic E-state index is 6.25. The number of unbranched alkanes of at least 4 members (excludes halogenated alkanes) is 2. The zero-order valence-corrected chi connectivity index (χ0v) is 11.1. The summed E-state index contributed by atoms with van der Waals surface area (Å²) in [6.45, 7) is 12.3. The average molecular weight is 224 g/mol. The molecule has 0 aliphatic carbocycles. The van der Waals surface area contributed by atoms with Crippen molar-refractivity contribution in [3.63, 3.8) is 0 Å². The second kappa shape index (κ2) is 11.0. The summed E-state index contributed by atoms with van der Waals surface area (Å²) in [7, 11) is 0. The van der Waals surface area contributed by atoms with Crippen LogP contribution in [0.25, 0.3) is 0 Å². The first-order valence-corrected chi connectivity index (χ1v) is 6.95. The van der Waals surface area contributed by atoms with Gasteiger partial charge in [0, 0.05) is 0 Å². The van der Waals surface area contributed by atoms with Crippen LogP contribution in [0.2, 0.25) is 0 Å². The summed E-state index contributed by atoms with van der Waals surface area (Å²) in [5.41, 5.74) is 0. The quantitative estimate of drug-likeness (QED) is 0.690. The van der Waals surface area contributed by atoms with Crippen LogP contribution in [0.1, 0.15) is 65.2 Å². The van der Waals surface area contributed by atoms with Gasteiger partial charge in [-0.15, -0.1) is 0 Å². The molecule has 1 N–H and O–H groups in total. The number of likely N-dealkylation sites (tertiary alicyclic amines) is 1. The molecule has 94 valence electrons. The van der Waals surface area contributed by atoms with Crippen molar-refractivity contribution in [1.82, 2.24) is 0 Å². The van der Waals surface area contributed by atoms with Crippen molar-refractivity contribution in [3.05, 3.63) is 6.57 Å². The van der Waals surface area contributed by atoms with E-state index in [4.69, 9.17) is 11.8 Å². The molecule has 0 saturated carbocycles. The molecule has 0 bridgehead atoms. The van der Waals surface area contributed by atoms with E-state index in [1.807, 2.05) is 4.90 Å². The zero-order valence-electron chi connectivity index (χ0n) is 11.1. The van der Waals surface area contributed by atoms with E-state index in [1.165, 1.54) is 64.5 Å². The molecule has 0 aromatic heterocycles. The molecular weight excluding hydrogens is 196 g/mol. The van der Waals surface area contributed by atoms with Gasteiger partial charge in [-0.1, -0.05) is 26.7 Å². The minimum absolute atomic E-state index is 1.01. The molecule has 1 saturated heterocycles. The van der Waals surface area contributed by atoms with E-state index in [0.29, 0.717) is 0 Å². The molecule has 2 heteroatoms. The maximum absolute atomic E-state index is 6.25. The van der Waals surface area contributed by atoms with Crippen LogP contribution in [0.15, 0.2) is 0 Å². The molecular formula is C14H28N2. The Morgan fingerprint density at radius 3 is 2.44 bits per heavy atom. The standard InChI is InChI=1S/C13H27N.CN/c1-3-5-9-13-10-7-8-12-14(13)11-6-4-2;1-2/h13H,3-12H2,1-2H3;/q;-1/p+1. The smallest absolute Gasteiger partial charge is 0.0874 e. The number of nitrogens with one attached hydrogen (secondary N) is 1. The van der Waals surface area contributed by atoms with Crippen LogP contribution in [0.3, 0.4) is 0 Å². The Hall–Kier alpha value is -0.550. The Morgan fingerprint density at radius 2 is 1.81 bits per heavy atom. The van der Waals surface area contributed by atoms with Crippen LogP contribution in [-0.2, 0) is 0 Å². The summed E-state index contributed by atoms with van der Waals surface area (Å²) in [5.74, 6) is 0. The van der Waals surface area contributed by atoms with Gasteiger partial charge in [0.25, 0.3) is 0 Å². The number of nitrogens with zero attached hydrogens (tertiary/aromatic N) is 1. The molecule has 0 spiro atoms. The van der Waals surface area contributed by atoms with E-state index in [2.05, 4.69) is 13.8 Å². The van der Waals surface area contributed by atoms with Crippen molar-refractivity contribution in [2.24, 2.45) is 0 Å². The highest BCUT2D eigenvalue weighted by atomic mass is 15.2. The predicted molar refractivity (Wildman–Crippen MR) is 67.7 cm³/mol. The van der Waals surface area contributed by atoms with E-state index in [9.17, 15) is 0 Å². The second-order valence-electron chi connectivity index (χ2n) is 4.85. The minimum atomic E-state index is 1.01. The number of rotatable bonds is 6. The topological polar surface area (TPSA) is 28.2 Å². The molecule has 1 fully saturated rings. The van der Waals surface area contributed by atoms with Gasteiger partial charge in [0.2, 0.25) is 0 Å². The Labute approximate surface area is 102 Å². The van der Waals surface area contributed by atoms with Gasteiger partial charge in [0.05, 0.1) is 19.1 Å². The highest BCUT2D eigenvalue weighted by molar-refractivity contribution is 4.61. The van der Waals surface area contributed by atoms with Gasteiger partial charge < -0.3 is 16.7 Å². The molecule has 2 unspecified atom stereocenters. The molecule has 2 atom stereocenters. The number of quaternary nitrogens is 1. The summed E-state index contributed by atoms with van der Waals surface area (Å²) in [5, 5.41) is 6.25. The van der Waals surface area contributed by atoms with E-state index in [-0.39, 0.29) is 0 Å². The van der Waals surface area contributed by atoms with Gasteiger partial charge in [-0.05, 0) is 38.5 Å². The van der Waals surface area contributed by atoms with Crippen molar-refractivity contribution in [2.45, 2.75) is 71.3 Å². The Morgan fingerprint density at radius 1 is 1.12 bits per heavy atom. The first-order chi connectivity index (χ1) is 7.88. The van der Waals surface area contributed by atoms with Crippen molar-refractivity contribution in [2.75, 3.05) is 13.1 Å². The number of hydrogen-bond acceptors (Lipinski definition) is 1. The number of hydrogen-bond donors (Lipinski definition) is 1. The van der Waals surface area contributed by atoms with E-state index < -0.39 is 0 Å². The third-order valence-electron chi connectivity index (χ3n) is 3.64. The van der Waals surface area contributed by atoms with E-state index in [1.54, 1.807) is 0 Å². The van der Waals surface area contributed by atoms with Crippen molar-refractivity contribution < 1.29 is 4.90 Å². The lowest BCUT2D eigenvalue weighted by atomic mass is 9.97. The van der Waals surface area contributed by atoms with Crippen LogP contribution >= 0.6 is 0 Å². The van der Waals surface area contributed by atoms with Gasteiger partial charge in [0.15, 0.2) is 0 Å². The normalized spacial score (nSPS) is 24.5. The fourth-order valence-electron chi connectivity index (χ4n) is 2.68. The summed E-state index contributed by atoms with van der Waals surface area (Å²) < 4.78 is 0. The van der Waals surface area contributed by atoms with Crippen LogP contribution in [0.5, 0.6) is 0 Å². The number of piperidine rings is 1. The average Bonchev–Trinajstić information content (AvgIpc) is 2.37. The Bertz CT molecular complexity index is 149. The van der Waals surface area contributed by atoms with Crippen molar-refractivity contribution in [3.8, 4) is 0 Å².